The molecule has 0 aromatic heterocycles. The van der Waals surface area contributed by atoms with Crippen LogP contribution in [0.2, 0.25) is 0 Å². The van der Waals surface area contributed by atoms with Crippen molar-refractivity contribution in [1.29, 1.82) is 0 Å². The van der Waals surface area contributed by atoms with Crippen LogP contribution in [0.25, 0.3) is 0 Å². The molecule has 58 heavy (non-hydrogen) atoms. The number of carbonyl (C=O) groups is 2. The summed E-state index contributed by atoms with van der Waals surface area (Å²) >= 11 is 0. The number of aliphatic hydroxyl groups is 3. The third-order valence-electron chi connectivity index (χ3n) is 10.6. The zero-order chi connectivity index (χ0) is 42.7. The summed E-state index contributed by atoms with van der Waals surface area (Å²) in [4.78, 5) is 25.4. The van der Waals surface area contributed by atoms with Gasteiger partial charge in [0.15, 0.2) is 12.4 Å². The third kappa shape index (κ3) is 30.2. The number of esters is 2. The van der Waals surface area contributed by atoms with Crippen LogP contribution in [0.3, 0.4) is 0 Å². The molecule has 1 rings (SSSR count). The summed E-state index contributed by atoms with van der Waals surface area (Å²) in [6.45, 7) is 5.26. The zero-order valence-corrected chi connectivity index (χ0v) is 36.8. The number of unbranched alkanes of at least 4 members (excludes halogenated alkanes) is 24. The maximum absolute atomic E-state index is 12.8. The number of hydrogen-bond donors (Lipinski definition) is 4. The van der Waals surface area contributed by atoms with E-state index in [1.165, 1.54) is 109 Å². The quantitative estimate of drug-likeness (QED) is 0.0199. The second kappa shape index (κ2) is 35.8. The number of ether oxygens (including phenoxy) is 4. The molecule has 0 aromatic rings. The van der Waals surface area contributed by atoms with Crippen LogP contribution in [0.1, 0.15) is 193 Å². The highest BCUT2D eigenvalue weighted by molar-refractivity contribution is 7.85. The monoisotopic (exact) mass is 847 g/mol. The normalized spacial score (nSPS) is 20.3. The Hall–Kier alpha value is -1.87. The highest BCUT2D eigenvalue weighted by Crippen LogP contribution is 2.24. The molecule has 340 valence electrons. The summed E-state index contributed by atoms with van der Waals surface area (Å²) in [6.07, 6.45) is 28.2. The molecule has 0 aromatic carbocycles. The van der Waals surface area contributed by atoms with E-state index in [4.69, 9.17) is 18.9 Å². The molecule has 0 spiro atoms. The molecular weight excluding hydrogens is 765 g/mol. The van der Waals surface area contributed by atoms with Crippen molar-refractivity contribution in [2.75, 3.05) is 19.0 Å². The van der Waals surface area contributed by atoms with Crippen LogP contribution in [0.15, 0.2) is 24.8 Å². The first-order valence-corrected chi connectivity index (χ1v) is 24.5. The molecule has 0 aliphatic carbocycles. The second-order valence-electron chi connectivity index (χ2n) is 16.1. The van der Waals surface area contributed by atoms with Gasteiger partial charge >= 0.3 is 11.9 Å². The maximum Gasteiger partial charge on any atom is 0.306 e. The van der Waals surface area contributed by atoms with Crippen LogP contribution >= 0.6 is 0 Å². The molecular formula is C45H82O12S. The number of rotatable bonds is 39. The van der Waals surface area contributed by atoms with Crippen molar-refractivity contribution < 1.29 is 56.8 Å². The van der Waals surface area contributed by atoms with Crippen LogP contribution in [-0.4, -0.2) is 96.0 Å². The largest absolute Gasteiger partial charge is 0.462 e. The summed E-state index contributed by atoms with van der Waals surface area (Å²) in [5.74, 6) is -1.98. The van der Waals surface area contributed by atoms with E-state index in [1.807, 2.05) is 6.08 Å². The first-order chi connectivity index (χ1) is 28.0. The molecule has 13 heteroatoms. The summed E-state index contributed by atoms with van der Waals surface area (Å²) in [7, 11) is -4.60. The van der Waals surface area contributed by atoms with Crippen LogP contribution < -0.4 is 0 Å². The Morgan fingerprint density at radius 2 is 1.07 bits per heavy atom. The van der Waals surface area contributed by atoms with E-state index in [0.717, 1.165) is 51.4 Å². The van der Waals surface area contributed by atoms with E-state index >= 15 is 0 Å². The van der Waals surface area contributed by atoms with E-state index in [9.17, 15) is 37.9 Å². The summed E-state index contributed by atoms with van der Waals surface area (Å²) in [6, 6.07) is 0. The van der Waals surface area contributed by atoms with Crippen molar-refractivity contribution >= 4 is 22.1 Å². The number of aliphatic hydroxyl groups excluding tert-OH is 3. The number of carbonyl (C=O) groups excluding carboxylic acids is 2. The molecule has 1 aliphatic heterocycles. The van der Waals surface area contributed by atoms with Gasteiger partial charge in [-0.25, -0.2) is 0 Å². The second-order valence-corrected chi connectivity index (χ2v) is 17.6. The number of hydrogen-bond acceptors (Lipinski definition) is 11. The lowest BCUT2D eigenvalue weighted by Gasteiger charge is -2.40. The Morgan fingerprint density at radius 1 is 0.621 bits per heavy atom. The Bertz CT molecular complexity index is 1160. The molecule has 2 unspecified atom stereocenters. The predicted molar refractivity (Wildman–Crippen MR) is 229 cm³/mol. The van der Waals surface area contributed by atoms with Gasteiger partial charge < -0.3 is 34.3 Å². The van der Waals surface area contributed by atoms with Crippen molar-refractivity contribution in [1.82, 2.24) is 0 Å². The van der Waals surface area contributed by atoms with Gasteiger partial charge in [0.1, 0.15) is 36.8 Å². The molecule has 1 aliphatic rings. The van der Waals surface area contributed by atoms with E-state index in [2.05, 4.69) is 25.7 Å². The molecule has 0 radical (unpaired) electrons. The fourth-order valence-electron chi connectivity index (χ4n) is 7.05. The highest BCUT2D eigenvalue weighted by Gasteiger charge is 2.46. The number of allylic oxidation sites excluding steroid dienone is 3. The van der Waals surface area contributed by atoms with Gasteiger partial charge in [0.25, 0.3) is 10.1 Å². The molecule has 0 amide bonds. The lowest BCUT2D eigenvalue weighted by molar-refractivity contribution is -0.297. The first-order valence-electron chi connectivity index (χ1n) is 22.9. The van der Waals surface area contributed by atoms with Crippen LogP contribution in [0.4, 0.5) is 0 Å². The highest BCUT2D eigenvalue weighted by atomic mass is 32.2. The molecule has 0 bridgehead atoms. The van der Waals surface area contributed by atoms with E-state index in [1.54, 1.807) is 0 Å². The lowest BCUT2D eigenvalue weighted by Crippen LogP contribution is -2.60. The van der Waals surface area contributed by atoms with Crippen molar-refractivity contribution in [2.24, 2.45) is 0 Å². The summed E-state index contributed by atoms with van der Waals surface area (Å²) in [5, 5.41) is 30.9. The minimum Gasteiger partial charge on any atom is -0.462 e. The van der Waals surface area contributed by atoms with Gasteiger partial charge in [-0.2, -0.15) is 8.42 Å². The molecule has 4 N–H and O–H groups in total. The molecule has 1 saturated heterocycles. The first kappa shape index (κ1) is 54.1. The molecule has 6 atom stereocenters. The molecule has 1 fully saturated rings. The summed E-state index contributed by atoms with van der Waals surface area (Å²) < 4.78 is 54.1. The van der Waals surface area contributed by atoms with Crippen LogP contribution in [0, 0.1) is 0 Å². The molecule has 1 heterocycles. The average Bonchev–Trinajstić information content (AvgIpc) is 3.18. The van der Waals surface area contributed by atoms with Gasteiger partial charge in [-0.3, -0.25) is 14.1 Å². The smallest absolute Gasteiger partial charge is 0.306 e. The summed E-state index contributed by atoms with van der Waals surface area (Å²) in [5.41, 5.74) is 0. The maximum atomic E-state index is 12.8. The SMILES string of the molecule is C=CCCCCCCCCCCCCCCCC(=O)OC[C@H](CO[C@H]1O[C@H](CS(=O)(=O)O)[C@@H](O)C(O)C1O)OC(=O)CCCCCCCCCCC/C=C/CCCC. The van der Waals surface area contributed by atoms with Gasteiger partial charge in [0.2, 0.25) is 0 Å². The third-order valence-corrected chi connectivity index (χ3v) is 11.4. The van der Waals surface area contributed by atoms with Gasteiger partial charge in [0.05, 0.1) is 6.61 Å². The Balaban J connectivity index is 2.43. The van der Waals surface area contributed by atoms with Crippen LogP contribution in [0.5, 0.6) is 0 Å². The van der Waals surface area contributed by atoms with Crippen molar-refractivity contribution in [3.63, 3.8) is 0 Å². The minimum atomic E-state index is -4.60. The molecule has 0 saturated carbocycles. The zero-order valence-electron chi connectivity index (χ0n) is 36.0. The van der Waals surface area contributed by atoms with Gasteiger partial charge in [-0.1, -0.05) is 154 Å². The Labute approximate surface area is 351 Å². The molecule has 12 nitrogen and oxygen atoms in total. The van der Waals surface area contributed by atoms with Gasteiger partial charge in [0, 0.05) is 12.8 Å². The van der Waals surface area contributed by atoms with Gasteiger partial charge in [-0.15, -0.1) is 6.58 Å². The van der Waals surface area contributed by atoms with Crippen molar-refractivity contribution in [2.45, 2.75) is 230 Å². The lowest BCUT2D eigenvalue weighted by atomic mass is 10.00. The fraction of sp³-hybridized carbons (Fsp3) is 0.867. The Kier molecular flexibility index (Phi) is 33.5. The van der Waals surface area contributed by atoms with E-state index in [-0.39, 0.29) is 19.4 Å². The van der Waals surface area contributed by atoms with E-state index in [0.29, 0.717) is 12.8 Å². The fourth-order valence-corrected chi connectivity index (χ4v) is 7.74. The minimum absolute atomic E-state index is 0.163. The Morgan fingerprint density at radius 3 is 1.55 bits per heavy atom. The van der Waals surface area contributed by atoms with Crippen molar-refractivity contribution in [3.8, 4) is 0 Å². The average molecular weight is 847 g/mol. The predicted octanol–water partition coefficient (Wildman–Crippen LogP) is 9.23. The van der Waals surface area contributed by atoms with Crippen molar-refractivity contribution in [3.05, 3.63) is 24.8 Å². The standard InChI is InChI=1S/C45H82O12S/c1-3-5-7-9-11-13-15-17-19-21-23-25-27-29-31-33-40(46)54-35-38(36-55-45-44(50)43(49)42(48)39(57-45)37-58(51,52)53)56-41(47)34-32-30-28-26-24-22-20-18-16-14-12-10-8-6-4-2/h3,10,12,38-39,42-45,48-50H,1,4-9,11,13-37H2,2H3,(H,51,52,53)/b12-10+/t38-,39-,42-,43?,44?,45+/m1/s1. The van der Waals surface area contributed by atoms with Gasteiger partial charge in [-0.05, 0) is 44.9 Å². The van der Waals surface area contributed by atoms with E-state index < -0.39 is 71.2 Å². The topological polar surface area (TPSA) is 186 Å². The van der Waals surface area contributed by atoms with Crippen LogP contribution in [-0.2, 0) is 38.7 Å².